The lowest BCUT2D eigenvalue weighted by Gasteiger charge is -2.34. The zero-order valence-electron chi connectivity index (χ0n) is 18.2. The quantitative estimate of drug-likeness (QED) is 0.569. The fraction of sp³-hybridized carbons (Fsp3) is 0.261. The second-order valence-corrected chi connectivity index (χ2v) is 9.57. The van der Waals surface area contributed by atoms with E-state index in [1.165, 1.54) is 16.4 Å². The molecule has 1 amide bonds. The minimum absolute atomic E-state index is 0.140. The van der Waals surface area contributed by atoms with Gasteiger partial charge in [0.25, 0.3) is 5.91 Å². The number of carbonyl (C=O) groups is 1. The van der Waals surface area contributed by atoms with Crippen LogP contribution in [0.25, 0.3) is 0 Å². The lowest BCUT2D eigenvalue weighted by Crippen LogP contribution is -2.48. The fourth-order valence-corrected chi connectivity index (χ4v) is 4.87. The second kappa shape index (κ2) is 9.97. The van der Waals surface area contributed by atoms with Crippen LogP contribution in [0.3, 0.4) is 0 Å². The summed E-state index contributed by atoms with van der Waals surface area (Å²) in [6.07, 6.45) is 4.89. The molecule has 1 aromatic heterocycles. The van der Waals surface area contributed by atoms with Gasteiger partial charge in [0, 0.05) is 44.3 Å². The summed E-state index contributed by atoms with van der Waals surface area (Å²) in [5.41, 5.74) is 1.60. The van der Waals surface area contributed by atoms with Crippen LogP contribution >= 0.6 is 0 Å². The van der Waals surface area contributed by atoms with Crippen molar-refractivity contribution in [2.24, 2.45) is 0 Å². The van der Waals surface area contributed by atoms with Gasteiger partial charge in [-0.3, -0.25) is 9.78 Å². The Morgan fingerprint density at radius 1 is 1.00 bits per heavy atom. The fourth-order valence-electron chi connectivity index (χ4n) is 3.45. The number of nitrogens with zero attached hydrogens (tertiary/aromatic N) is 4. The van der Waals surface area contributed by atoms with E-state index in [4.69, 9.17) is 4.74 Å². The molecule has 0 radical (unpaired) electrons. The number of aromatic nitrogens is 2. The van der Waals surface area contributed by atoms with Gasteiger partial charge in [0.2, 0.25) is 10.0 Å². The van der Waals surface area contributed by atoms with Crippen LogP contribution in [0.5, 0.6) is 5.75 Å². The maximum Gasteiger partial charge on any atom is 0.262 e. The van der Waals surface area contributed by atoms with Crippen molar-refractivity contribution in [1.29, 1.82) is 0 Å². The minimum atomic E-state index is -3.63. The Morgan fingerprint density at radius 3 is 2.33 bits per heavy atom. The Morgan fingerprint density at radius 2 is 1.70 bits per heavy atom. The second-order valence-electron chi connectivity index (χ2n) is 7.63. The molecule has 1 aliphatic rings. The third-order valence-electron chi connectivity index (χ3n) is 5.28. The maximum absolute atomic E-state index is 13.0. The van der Waals surface area contributed by atoms with E-state index >= 15 is 0 Å². The van der Waals surface area contributed by atoms with Gasteiger partial charge in [0.1, 0.15) is 11.6 Å². The van der Waals surface area contributed by atoms with E-state index in [1.54, 1.807) is 42.9 Å². The number of hydrogen-bond donors (Lipinski definition) is 1. The average molecular weight is 468 g/mol. The number of carbonyl (C=O) groups excluding carboxylic acids is 1. The van der Waals surface area contributed by atoms with Gasteiger partial charge in [0.15, 0.2) is 6.61 Å². The van der Waals surface area contributed by atoms with E-state index < -0.39 is 10.0 Å². The number of rotatable bonds is 7. The smallest absolute Gasteiger partial charge is 0.262 e. The first kappa shape index (κ1) is 22.7. The number of aryl methyl sites for hydroxylation is 1. The standard InChI is InChI=1S/C23H25N5O4S/c1-18-2-6-20(7-3-18)32-17-23(29)26-19-4-8-21(9-5-19)33(30,31)28-14-12-27(13-15-28)22-16-24-10-11-25-22/h2-11,16H,12-15,17H2,1H3,(H,26,29). The Labute approximate surface area is 193 Å². The van der Waals surface area contributed by atoms with Crippen molar-refractivity contribution in [2.75, 3.05) is 43.0 Å². The number of nitrogens with one attached hydrogen (secondary N) is 1. The first-order chi connectivity index (χ1) is 15.9. The molecule has 1 aliphatic heterocycles. The molecule has 0 saturated carbocycles. The highest BCUT2D eigenvalue weighted by atomic mass is 32.2. The van der Waals surface area contributed by atoms with Gasteiger partial charge < -0.3 is 15.0 Å². The van der Waals surface area contributed by atoms with E-state index in [0.29, 0.717) is 37.6 Å². The van der Waals surface area contributed by atoms with Crippen LogP contribution in [-0.2, 0) is 14.8 Å². The summed E-state index contributed by atoms with van der Waals surface area (Å²) < 4.78 is 33.0. The number of anilines is 2. The van der Waals surface area contributed by atoms with Gasteiger partial charge >= 0.3 is 0 Å². The van der Waals surface area contributed by atoms with Crippen molar-refractivity contribution in [2.45, 2.75) is 11.8 Å². The van der Waals surface area contributed by atoms with Gasteiger partial charge in [-0.15, -0.1) is 0 Å². The SMILES string of the molecule is Cc1ccc(OCC(=O)Nc2ccc(S(=O)(=O)N3CCN(c4cnccn4)CC3)cc2)cc1. The van der Waals surface area contributed by atoms with Gasteiger partial charge in [-0.2, -0.15) is 4.31 Å². The molecule has 1 saturated heterocycles. The number of benzene rings is 2. The van der Waals surface area contributed by atoms with Crippen molar-refractivity contribution >= 4 is 27.4 Å². The van der Waals surface area contributed by atoms with Crippen LogP contribution in [0.2, 0.25) is 0 Å². The Kier molecular flexibility index (Phi) is 6.85. The predicted octanol–water partition coefficient (Wildman–Crippen LogP) is 2.31. The van der Waals surface area contributed by atoms with E-state index in [9.17, 15) is 13.2 Å². The molecule has 0 unspecified atom stereocenters. The van der Waals surface area contributed by atoms with Crippen molar-refractivity contribution < 1.29 is 17.9 Å². The molecule has 0 bridgehead atoms. The van der Waals surface area contributed by atoms with Crippen molar-refractivity contribution in [1.82, 2.24) is 14.3 Å². The molecular weight excluding hydrogens is 442 g/mol. The summed E-state index contributed by atoms with van der Waals surface area (Å²) in [6.45, 7) is 3.61. The first-order valence-electron chi connectivity index (χ1n) is 10.5. The van der Waals surface area contributed by atoms with E-state index in [1.807, 2.05) is 24.0 Å². The van der Waals surface area contributed by atoms with Gasteiger partial charge in [0.05, 0.1) is 11.1 Å². The van der Waals surface area contributed by atoms with Crippen LogP contribution in [0, 0.1) is 6.92 Å². The Bertz CT molecular complexity index is 1180. The van der Waals surface area contributed by atoms with Gasteiger partial charge in [-0.1, -0.05) is 17.7 Å². The molecule has 9 nitrogen and oxygen atoms in total. The van der Waals surface area contributed by atoms with Crippen LogP contribution in [-0.4, -0.2) is 61.4 Å². The summed E-state index contributed by atoms with van der Waals surface area (Å²) in [7, 11) is -3.63. The number of piperazine rings is 1. The van der Waals surface area contributed by atoms with Crippen molar-refractivity contribution in [3.63, 3.8) is 0 Å². The zero-order valence-corrected chi connectivity index (χ0v) is 19.0. The zero-order chi connectivity index (χ0) is 23.3. The predicted molar refractivity (Wildman–Crippen MR) is 125 cm³/mol. The molecule has 2 aromatic carbocycles. The lowest BCUT2D eigenvalue weighted by atomic mass is 10.2. The van der Waals surface area contributed by atoms with E-state index in [-0.39, 0.29) is 17.4 Å². The monoisotopic (exact) mass is 467 g/mol. The maximum atomic E-state index is 13.0. The molecule has 172 valence electrons. The molecule has 4 rings (SSSR count). The highest BCUT2D eigenvalue weighted by molar-refractivity contribution is 7.89. The molecular formula is C23H25N5O4S. The number of ether oxygens (including phenoxy) is 1. The Hall–Kier alpha value is -3.50. The van der Waals surface area contributed by atoms with Crippen LogP contribution in [0.1, 0.15) is 5.56 Å². The first-order valence-corrected chi connectivity index (χ1v) is 12.0. The van der Waals surface area contributed by atoms with Gasteiger partial charge in [-0.05, 0) is 43.3 Å². The van der Waals surface area contributed by atoms with Crippen LogP contribution in [0.4, 0.5) is 11.5 Å². The Balaban J connectivity index is 1.31. The molecule has 0 spiro atoms. The number of amides is 1. The van der Waals surface area contributed by atoms with Crippen LogP contribution < -0.4 is 15.0 Å². The summed E-state index contributed by atoms with van der Waals surface area (Å²) in [5.74, 6) is 1.02. The summed E-state index contributed by atoms with van der Waals surface area (Å²) in [4.78, 5) is 22.7. The van der Waals surface area contributed by atoms with Crippen LogP contribution in [0.15, 0.2) is 72.0 Å². The minimum Gasteiger partial charge on any atom is -0.484 e. The average Bonchev–Trinajstić information content (AvgIpc) is 2.85. The topological polar surface area (TPSA) is 105 Å². The van der Waals surface area contributed by atoms with Crippen molar-refractivity contribution in [3.8, 4) is 5.75 Å². The molecule has 1 fully saturated rings. The molecule has 10 heteroatoms. The number of hydrogen-bond acceptors (Lipinski definition) is 7. The summed E-state index contributed by atoms with van der Waals surface area (Å²) >= 11 is 0. The number of sulfonamides is 1. The normalized spacial score (nSPS) is 14.6. The summed E-state index contributed by atoms with van der Waals surface area (Å²) in [6, 6.07) is 13.6. The summed E-state index contributed by atoms with van der Waals surface area (Å²) in [5, 5.41) is 2.71. The van der Waals surface area contributed by atoms with E-state index in [2.05, 4.69) is 15.3 Å². The molecule has 2 heterocycles. The largest absolute Gasteiger partial charge is 0.484 e. The van der Waals surface area contributed by atoms with Gasteiger partial charge in [-0.25, -0.2) is 13.4 Å². The highest BCUT2D eigenvalue weighted by Gasteiger charge is 2.29. The molecule has 3 aromatic rings. The lowest BCUT2D eigenvalue weighted by molar-refractivity contribution is -0.118. The van der Waals surface area contributed by atoms with Crippen molar-refractivity contribution in [3.05, 3.63) is 72.7 Å². The molecule has 33 heavy (non-hydrogen) atoms. The molecule has 1 N–H and O–H groups in total. The molecule has 0 atom stereocenters. The third-order valence-corrected chi connectivity index (χ3v) is 7.19. The van der Waals surface area contributed by atoms with E-state index in [0.717, 1.165) is 11.4 Å². The highest BCUT2D eigenvalue weighted by Crippen LogP contribution is 2.21. The molecule has 0 aliphatic carbocycles. The third kappa shape index (κ3) is 5.65.